The van der Waals surface area contributed by atoms with E-state index in [1.807, 2.05) is 0 Å². The molecule has 0 aromatic rings. The van der Waals surface area contributed by atoms with Crippen LogP contribution in [0.4, 0.5) is 0 Å². The number of ether oxygens (including phenoxy) is 3. The van der Waals surface area contributed by atoms with Gasteiger partial charge in [0.15, 0.2) is 0 Å². The molecule has 0 N–H and O–H groups in total. The number of carbonyl (C=O) groups excluding carboxylic acids is 1. The summed E-state index contributed by atoms with van der Waals surface area (Å²) >= 11 is 0. The van der Waals surface area contributed by atoms with Gasteiger partial charge in [0.1, 0.15) is 0 Å². The molecule has 0 bridgehead atoms. The Balaban J connectivity index is 1.66. The van der Waals surface area contributed by atoms with E-state index in [4.69, 9.17) is 14.2 Å². The summed E-state index contributed by atoms with van der Waals surface area (Å²) in [6.45, 7) is 8.77. The van der Waals surface area contributed by atoms with E-state index in [1.54, 1.807) is 6.08 Å². The Morgan fingerprint density at radius 3 is 2.91 bits per heavy atom. The summed E-state index contributed by atoms with van der Waals surface area (Å²) in [5, 5.41) is 0. The molecule has 0 aromatic carbocycles. The van der Waals surface area contributed by atoms with Gasteiger partial charge in [-0.25, -0.2) is 0 Å². The van der Waals surface area contributed by atoms with Crippen LogP contribution in [-0.2, 0) is 19.0 Å². The lowest BCUT2D eigenvalue weighted by Crippen LogP contribution is -2.59. The summed E-state index contributed by atoms with van der Waals surface area (Å²) in [4.78, 5) is 14.9. The number of nitrogens with zero attached hydrogens (tertiary/aromatic N) is 1. The Kier molecular flexibility index (Phi) is 5.72. The maximum atomic E-state index is 12.9. The summed E-state index contributed by atoms with van der Waals surface area (Å²) < 4.78 is 17.2. The first-order valence-electron chi connectivity index (χ1n) is 8.92. The number of piperidine rings is 1. The van der Waals surface area contributed by atoms with Gasteiger partial charge >= 0.3 is 0 Å². The Morgan fingerprint density at radius 1 is 1.30 bits per heavy atom. The maximum absolute atomic E-state index is 12.9. The summed E-state index contributed by atoms with van der Waals surface area (Å²) in [7, 11) is 0. The summed E-state index contributed by atoms with van der Waals surface area (Å²) in [6.07, 6.45) is 6.76. The quantitative estimate of drug-likeness (QED) is 0.574. The van der Waals surface area contributed by atoms with E-state index < -0.39 is 0 Å². The number of carbonyl (C=O) groups is 1. The number of hydrogen-bond acceptors (Lipinski definition) is 4. The molecule has 3 fully saturated rings. The zero-order valence-electron chi connectivity index (χ0n) is 14.0. The van der Waals surface area contributed by atoms with Gasteiger partial charge in [0, 0.05) is 44.2 Å². The van der Waals surface area contributed by atoms with Gasteiger partial charge in [-0.15, -0.1) is 6.58 Å². The van der Waals surface area contributed by atoms with Gasteiger partial charge < -0.3 is 19.1 Å². The van der Waals surface area contributed by atoms with Gasteiger partial charge in [0.05, 0.1) is 19.3 Å². The first-order chi connectivity index (χ1) is 11.2. The minimum Gasteiger partial charge on any atom is -0.381 e. The smallest absolute Gasteiger partial charge is 0.225 e. The molecule has 3 saturated heterocycles. The van der Waals surface area contributed by atoms with Crippen LogP contribution in [0, 0.1) is 11.3 Å². The molecule has 5 heteroatoms. The molecule has 0 saturated carbocycles. The number of amides is 1. The highest BCUT2D eigenvalue weighted by Crippen LogP contribution is 2.41. The molecular formula is C18H29NO4. The van der Waals surface area contributed by atoms with Crippen LogP contribution in [0.25, 0.3) is 0 Å². The molecule has 3 aliphatic rings. The van der Waals surface area contributed by atoms with Gasteiger partial charge in [0.2, 0.25) is 5.91 Å². The van der Waals surface area contributed by atoms with Crippen molar-refractivity contribution in [3.05, 3.63) is 12.7 Å². The van der Waals surface area contributed by atoms with Gasteiger partial charge in [-0.3, -0.25) is 4.79 Å². The van der Waals surface area contributed by atoms with E-state index in [1.165, 1.54) is 0 Å². The second-order valence-electron chi connectivity index (χ2n) is 7.06. The lowest BCUT2D eigenvalue weighted by molar-refractivity contribution is -0.167. The van der Waals surface area contributed by atoms with Crippen LogP contribution < -0.4 is 0 Å². The van der Waals surface area contributed by atoms with Crippen molar-refractivity contribution < 1.29 is 19.0 Å². The third-order valence-corrected chi connectivity index (χ3v) is 5.50. The molecule has 23 heavy (non-hydrogen) atoms. The van der Waals surface area contributed by atoms with Crippen LogP contribution in [0.3, 0.4) is 0 Å². The van der Waals surface area contributed by atoms with Crippen molar-refractivity contribution in [1.29, 1.82) is 0 Å². The Hall–Kier alpha value is -0.910. The monoisotopic (exact) mass is 323 g/mol. The Bertz CT molecular complexity index is 421. The molecule has 3 aliphatic heterocycles. The number of likely N-dealkylation sites (tertiary alicyclic amines) is 1. The molecule has 0 radical (unpaired) electrons. The molecule has 3 heterocycles. The predicted molar refractivity (Wildman–Crippen MR) is 87.2 cm³/mol. The second kappa shape index (κ2) is 7.77. The Morgan fingerprint density at radius 2 is 2.13 bits per heavy atom. The van der Waals surface area contributed by atoms with Crippen molar-refractivity contribution in [2.45, 2.75) is 38.2 Å². The first-order valence-corrected chi connectivity index (χ1v) is 8.92. The largest absolute Gasteiger partial charge is 0.381 e. The maximum Gasteiger partial charge on any atom is 0.225 e. The zero-order chi connectivity index (χ0) is 16.1. The van der Waals surface area contributed by atoms with E-state index in [-0.39, 0.29) is 17.4 Å². The summed E-state index contributed by atoms with van der Waals surface area (Å²) in [6, 6.07) is 0. The van der Waals surface area contributed by atoms with Crippen LogP contribution in [-0.4, -0.2) is 63.0 Å². The average Bonchev–Trinajstić information content (AvgIpc) is 2.61. The predicted octanol–water partition coefficient (Wildman–Crippen LogP) is 2.01. The molecule has 2 unspecified atom stereocenters. The minimum absolute atomic E-state index is 0.0413. The van der Waals surface area contributed by atoms with Crippen molar-refractivity contribution in [2.75, 3.05) is 46.1 Å². The molecular weight excluding hydrogens is 294 g/mol. The molecule has 3 rings (SSSR count). The van der Waals surface area contributed by atoms with E-state index in [9.17, 15) is 4.79 Å². The van der Waals surface area contributed by atoms with Crippen LogP contribution in [0.5, 0.6) is 0 Å². The van der Waals surface area contributed by atoms with E-state index in [0.29, 0.717) is 32.3 Å². The van der Waals surface area contributed by atoms with Crippen LogP contribution >= 0.6 is 0 Å². The third-order valence-electron chi connectivity index (χ3n) is 5.50. The van der Waals surface area contributed by atoms with Crippen LogP contribution in [0.2, 0.25) is 0 Å². The highest BCUT2D eigenvalue weighted by Gasteiger charge is 2.47. The normalized spacial score (nSPS) is 32.3. The first kappa shape index (κ1) is 16.9. The van der Waals surface area contributed by atoms with Crippen molar-refractivity contribution in [1.82, 2.24) is 4.90 Å². The Labute approximate surface area is 138 Å². The van der Waals surface area contributed by atoms with Gasteiger partial charge in [-0.2, -0.15) is 0 Å². The molecule has 0 aromatic heterocycles. The van der Waals surface area contributed by atoms with Crippen molar-refractivity contribution in [3.63, 3.8) is 0 Å². The van der Waals surface area contributed by atoms with Gasteiger partial charge in [0.25, 0.3) is 0 Å². The van der Waals surface area contributed by atoms with Gasteiger partial charge in [-0.05, 0) is 32.1 Å². The fraction of sp³-hybridized carbons (Fsp3) is 0.833. The fourth-order valence-corrected chi connectivity index (χ4v) is 4.24. The average molecular weight is 323 g/mol. The zero-order valence-corrected chi connectivity index (χ0v) is 14.0. The fourth-order valence-electron chi connectivity index (χ4n) is 4.24. The van der Waals surface area contributed by atoms with Crippen molar-refractivity contribution in [3.8, 4) is 0 Å². The van der Waals surface area contributed by atoms with E-state index in [2.05, 4.69) is 11.5 Å². The molecule has 130 valence electrons. The van der Waals surface area contributed by atoms with Crippen LogP contribution in [0.1, 0.15) is 32.1 Å². The molecule has 0 aliphatic carbocycles. The SMILES string of the molecule is C=CCOCC12CCCOC1CCN(C(=O)C1CCOCC1)C2. The highest BCUT2D eigenvalue weighted by atomic mass is 16.5. The lowest BCUT2D eigenvalue weighted by atomic mass is 9.72. The topological polar surface area (TPSA) is 48.0 Å². The molecule has 2 atom stereocenters. The molecule has 5 nitrogen and oxygen atoms in total. The highest BCUT2D eigenvalue weighted by molar-refractivity contribution is 5.79. The third kappa shape index (κ3) is 3.78. The van der Waals surface area contributed by atoms with Crippen molar-refractivity contribution in [2.24, 2.45) is 11.3 Å². The van der Waals surface area contributed by atoms with E-state index >= 15 is 0 Å². The molecule has 0 spiro atoms. The number of hydrogen-bond donors (Lipinski definition) is 0. The summed E-state index contributed by atoms with van der Waals surface area (Å²) in [5.41, 5.74) is -0.0413. The van der Waals surface area contributed by atoms with Crippen molar-refractivity contribution >= 4 is 5.91 Å². The lowest BCUT2D eigenvalue weighted by Gasteiger charge is -2.50. The number of fused-ring (bicyclic) bond motifs is 1. The summed E-state index contributed by atoms with van der Waals surface area (Å²) in [5.74, 6) is 0.441. The number of rotatable bonds is 5. The standard InChI is InChI=1S/C18H29NO4/c1-2-9-22-14-18-7-3-10-23-16(18)4-8-19(13-18)17(20)15-5-11-21-12-6-15/h2,15-16H,1,3-14H2. The van der Waals surface area contributed by atoms with Gasteiger partial charge in [-0.1, -0.05) is 6.08 Å². The second-order valence-corrected chi connectivity index (χ2v) is 7.06. The van der Waals surface area contributed by atoms with Crippen LogP contribution in [0.15, 0.2) is 12.7 Å². The minimum atomic E-state index is -0.0413. The molecule has 1 amide bonds. The van der Waals surface area contributed by atoms with E-state index in [0.717, 1.165) is 51.8 Å².